The van der Waals surface area contributed by atoms with Crippen LogP contribution < -0.4 is 14.9 Å². The Kier molecular flexibility index (Phi) is 6.90. The molecule has 4 aromatic rings. The predicted octanol–water partition coefficient (Wildman–Crippen LogP) is 3.99. The lowest BCUT2D eigenvalue weighted by Gasteiger charge is -2.24. The minimum atomic E-state index is -0.697. The topological polar surface area (TPSA) is 99.6 Å². The number of carbonyl (C=O) groups is 1. The molecule has 0 amide bonds. The maximum atomic E-state index is 13.6. The summed E-state index contributed by atoms with van der Waals surface area (Å²) >= 11 is 8.60. The van der Waals surface area contributed by atoms with Crippen LogP contribution in [0.3, 0.4) is 0 Å². The number of ether oxygens (including phenoxy) is 1. The van der Waals surface area contributed by atoms with Gasteiger partial charge in [0.2, 0.25) is 0 Å². The quantitative estimate of drug-likeness (QED) is 0.270. The Balaban J connectivity index is 1.59. The number of hydrogen-bond donors (Lipinski definition) is 0. The zero-order chi connectivity index (χ0) is 25.2. The van der Waals surface area contributed by atoms with E-state index in [9.17, 15) is 9.59 Å². The van der Waals surface area contributed by atoms with Gasteiger partial charge in [0, 0.05) is 23.5 Å². The van der Waals surface area contributed by atoms with Crippen LogP contribution in [-0.4, -0.2) is 27.1 Å². The van der Waals surface area contributed by atoms with E-state index in [0.717, 1.165) is 5.56 Å². The molecule has 0 aliphatic carbocycles. The van der Waals surface area contributed by atoms with E-state index in [4.69, 9.17) is 20.8 Å². The number of fused-ring (bicyclic) bond motifs is 1. The second-order valence-electron chi connectivity index (χ2n) is 7.64. The van der Waals surface area contributed by atoms with Gasteiger partial charge in [0.15, 0.2) is 15.1 Å². The zero-order valence-corrected chi connectivity index (χ0v) is 21.6. The average molecular weight is 539 g/mol. The van der Waals surface area contributed by atoms with Crippen molar-refractivity contribution in [2.24, 2.45) is 4.99 Å². The fourth-order valence-electron chi connectivity index (χ4n) is 3.78. The molecule has 11 heteroatoms. The van der Waals surface area contributed by atoms with E-state index in [1.807, 2.05) is 0 Å². The van der Waals surface area contributed by atoms with E-state index in [-0.39, 0.29) is 12.2 Å². The van der Waals surface area contributed by atoms with Crippen molar-refractivity contribution >= 4 is 46.7 Å². The molecule has 0 fully saturated rings. The maximum absolute atomic E-state index is 13.6. The highest BCUT2D eigenvalue weighted by Gasteiger charge is 2.33. The van der Waals surface area contributed by atoms with Gasteiger partial charge in [0.1, 0.15) is 5.76 Å². The van der Waals surface area contributed by atoms with Gasteiger partial charge < -0.3 is 9.15 Å². The summed E-state index contributed by atoms with van der Waals surface area (Å²) in [6.45, 7) is 3.69. The summed E-state index contributed by atoms with van der Waals surface area (Å²) in [5.74, 6) is -0.00752. The number of carbonyl (C=O) groups excluding carboxylic acids is 1. The smallest absolute Gasteiger partial charge is 0.338 e. The van der Waals surface area contributed by atoms with E-state index in [1.165, 1.54) is 27.7 Å². The molecule has 1 unspecified atom stereocenters. The Bertz CT molecular complexity index is 1640. The Hall–Kier alpha value is -3.47. The molecule has 0 saturated carbocycles. The molecule has 4 heterocycles. The van der Waals surface area contributed by atoms with Crippen molar-refractivity contribution in [2.75, 3.05) is 6.61 Å². The van der Waals surface area contributed by atoms with Crippen LogP contribution in [0.2, 0.25) is 5.02 Å². The molecule has 0 bridgehead atoms. The highest BCUT2D eigenvalue weighted by atomic mass is 35.5. The largest absolute Gasteiger partial charge is 0.463 e. The van der Waals surface area contributed by atoms with Crippen LogP contribution in [0.5, 0.6) is 0 Å². The molecule has 0 saturated heterocycles. The van der Waals surface area contributed by atoms with Gasteiger partial charge in [-0.25, -0.2) is 19.8 Å². The van der Waals surface area contributed by atoms with Gasteiger partial charge in [-0.3, -0.25) is 9.36 Å². The summed E-state index contributed by atoms with van der Waals surface area (Å²) in [6, 6.07) is 11.7. The van der Waals surface area contributed by atoms with E-state index >= 15 is 0 Å². The van der Waals surface area contributed by atoms with Crippen LogP contribution >= 0.6 is 34.7 Å². The molecule has 1 aliphatic rings. The standard InChI is InChI=1S/C25H19ClN4O4S2/c1-3-33-23(32)20-14(2)29-25-30(21(20)15-5-7-16(26)8-6-15)22(31)18(35-25)13-17-9-10-19(34-17)36-24-27-11-4-12-28-24/h4-13,21H,3H2,1-2H3. The lowest BCUT2D eigenvalue weighted by Crippen LogP contribution is -2.39. The molecule has 0 spiro atoms. The van der Waals surface area contributed by atoms with Gasteiger partial charge in [-0.1, -0.05) is 35.1 Å². The number of esters is 1. The number of halogens is 1. The van der Waals surface area contributed by atoms with Crippen molar-refractivity contribution in [3.8, 4) is 0 Å². The van der Waals surface area contributed by atoms with E-state index in [2.05, 4.69) is 15.0 Å². The first-order valence-electron chi connectivity index (χ1n) is 10.9. The van der Waals surface area contributed by atoms with Crippen LogP contribution in [0.4, 0.5) is 0 Å². The molecule has 8 nitrogen and oxygen atoms in total. The lowest BCUT2D eigenvalue weighted by atomic mass is 9.96. The molecular weight excluding hydrogens is 520 g/mol. The van der Waals surface area contributed by atoms with Gasteiger partial charge in [-0.05, 0) is 61.5 Å². The number of aromatic nitrogens is 3. The number of hydrogen-bond acceptors (Lipinski definition) is 9. The molecule has 36 heavy (non-hydrogen) atoms. The fraction of sp³-hybridized carbons (Fsp3) is 0.160. The number of furan rings is 1. The first kappa shape index (κ1) is 24.2. The minimum absolute atomic E-state index is 0.209. The van der Waals surface area contributed by atoms with Crippen LogP contribution in [0.15, 0.2) is 90.6 Å². The third-order valence-electron chi connectivity index (χ3n) is 5.31. The summed E-state index contributed by atoms with van der Waals surface area (Å²) < 4.78 is 13.1. The van der Waals surface area contributed by atoms with Gasteiger partial charge in [0.05, 0.1) is 28.5 Å². The fourth-order valence-corrected chi connectivity index (χ4v) is 5.61. The second-order valence-corrected chi connectivity index (χ2v) is 10.1. The number of nitrogens with zero attached hydrogens (tertiary/aromatic N) is 4. The minimum Gasteiger partial charge on any atom is -0.463 e. The normalized spacial score (nSPS) is 15.5. The Morgan fingerprint density at radius 3 is 2.69 bits per heavy atom. The van der Waals surface area contributed by atoms with Crippen molar-refractivity contribution in [1.82, 2.24) is 14.5 Å². The summed E-state index contributed by atoms with van der Waals surface area (Å²) in [6.07, 6.45) is 4.98. The summed E-state index contributed by atoms with van der Waals surface area (Å²) in [4.78, 5) is 39.9. The van der Waals surface area contributed by atoms with E-state index in [0.29, 0.717) is 41.6 Å². The first-order chi connectivity index (χ1) is 17.4. The lowest BCUT2D eigenvalue weighted by molar-refractivity contribution is -0.139. The number of allylic oxidation sites excluding steroid dienone is 1. The molecule has 1 aromatic carbocycles. The van der Waals surface area contributed by atoms with Crippen molar-refractivity contribution in [2.45, 2.75) is 30.1 Å². The predicted molar refractivity (Wildman–Crippen MR) is 137 cm³/mol. The Morgan fingerprint density at radius 1 is 1.22 bits per heavy atom. The first-order valence-corrected chi connectivity index (χ1v) is 13.0. The number of benzene rings is 1. The monoisotopic (exact) mass is 538 g/mol. The zero-order valence-electron chi connectivity index (χ0n) is 19.2. The molecular formula is C25H19ClN4O4S2. The van der Waals surface area contributed by atoms with Crippen molar-refractivity contribution in [3.63, 3.8) is 0 Å². The SMILES string of the molecule is CCOC(=O)C1=C(C)N=c2sc(=Cc3ccc(Sc4ncccn4)o3)c(=O)n2C1c1ccc(Cl)cc1. The maximum Gasteiger partial charge on any atom is 0.338 e. The molecule has 3 aromatic heterocycles. The van der Waals surface area contributed by atoms with Crippen LogP contribution in [0.1, 0.15) is 31.2 Å². The third kappa shape index (κ3) is 4.79. The van der Waals surface area contributed by atoms with Crippen molar-refractivity contribution < 1.29 is 13.9 Å². The van der Waals surface area contributed by atoms with Crippen molar-refractivity contribution in [1.29, 1.82) is 0 Å². The van der Waals surface area contributed by atoms with E-state index in [1.54, 1.807) is 74.8 Å². The van der Waals surface area contributed by atoms with Gasteiger partial charge >= 0.3 is 5.97 Å². The molecule has 0 N–H and O–H groups in total. The Morgan fingerprint density at radius 2 is 1.97 bits per heavy atom. The van der Waals surface area contributed by atoms with Gasteiger partial charge in [-0.2, -0.15) is 0 Å². The van der Waals surface area contributed by atoms with E-state index < -0.39 is 12.0 Å². The highest BCUT2D eigenvalue weighted by Crippen LogP contribution is 2.31. The highest BCUT2D eigenvalue weighted by molar-refractivity contribution is 7.99. The summed E-state index contributed by atoms with van der Waals surface area (Å²) in [7, 11) is 0. The Labute approximate surface area is 218 Å². The van der Waals surface area contributed by atoms with Crippen LogP contribution in [0.25, 0.3) is 6.08 Å². The molecule has 182 valence electrons. The van der Waals surface area contributed by atoms with Gasteiger partial charge in [-0.15, -0.1) is 0 Å². The van der Waals surface area contributed by atoms with Crippen LogP contribution in [-0.2, 0) is 9.53 Å². The average Bonchev–Trinajstić information content (AvgIpc) is 3.43. The van der Waals surface area contributed by atoms with Crippen LogP contribution in [0, 0.1) is 0 Å². The summed E-state index contributed by atoms with van der Waals surface area (Å²) in [5.41, 5.74) is 1.26. The third-order valence-corrected chi connectivity index (χ3v) is 7.36. The number of rotatable bonds is 6. The number of thiazole rings is 1. The van der Waals surface area contributed by atoms with Gasteiger partial charge in [0.25, 0.3) is 5.56 Å². The second kappa shape index (κ2) is 10.3. The summed E-state index contributed by atoms with van der Waals surface area (Å²) in [5, 5.41) is 1.71. The van der Waals surface area contributed by atoms with Crippen molar-refractivity contribution in [3.05, 3.63) is 102 Å². The molecule has 1 atom stereocenters. The molecule has 5 rings (SSSR count). The molecule has 0 radical (unpaired) electrons. The molecule has 1 aliphatic heterocycles.